The summed E-state index contributed by atoms with van der Waals surface area (Å²) in [4.78, 5) is 0. The molecule has 2 N–H and O–H groups in total. The first-order chi connectivity index (χ1) is 6.72. The van der Waals surface area contributed by atoms with Crippen LogP contribution in [-0.2, 0) is 5.75 Å². The molecular formula is C11H14N2S. The van der Waals surface area contributed by atoms with E-state index in [1.807, 2.05) is 43.0 Å². The lowest BCUT2D eigenvalue weighted by Gasteiger charge is -2.04. The largest absolute Gasteiger partial charge is 0.327 e. The maximum Gasteiger partial charge on any atom is 0.0991 e. The Morgan fingerprint density at radius 1 is 1.43 bits per heavy atom. The minimum atomic E-state index is 0.249. The molecule has 1 atom stereocenters. The molecule has 0 saturated carbocycles. The summed E-state index contributed by atoms with van der Waals surface area (Å²) in [6, 6.07) is 10.0. The van der Waals surface area contributed by atoms with Crippen molar-refractivity contribution in [2.45, 2.75) is 18.7 Å². The highest BCUT2D eigenvalue weighted by Crippen LogP contribution is 2.13. The van der Waals surface area contributed by atoms with Crippen molar-refractivity contribution in [2.24, 2.45) is 5.73 Å². The molecule has 2 nitrogen and oxygen atoms in total. The number of hydrogen-bond acceptors (Lipinski definition) is 3. The van der Waals surface area contributed by atoms with Gasteiger partial charge in [0, 0.05) is 17.5 Å². The van der Waals surface area contributed by atoms with E-state index in [9.17, 15) is 0 Å². The van der Waals surface area contributed by atoms with Gasteiger partial charge in [-0.3, -0.25) is 0 Å². The zero-order valence-corrected chi connectivity index (χ0v) is 9.05. The van der Waals surface area contributed by atoms with Gasteiger partial charge >= 0.3 is 0 Å². The average Bonchev–Trinajstić information content (AvgIpc) is 2.18. The first-order valence-electron chi connectivity index (χ1n) is 4.54. The molecule has 0 aliphatic rings. The number of hydrogen-bond donors (Lipinski definition) is 1. The van der Waals surface area contributed by atoms with E-state index in [1.165, 1.54) is 5.56 Å². The minimum Gasteiger partial charge on any atom is -0.327 e. The first kappa shape index (κ1) is 11.1. The Kier molecular flexibility index (Phi) is 4.51. The van der Waals surface area contributed by atoms with E-state index < -0.39 is 0 Å². The maximum absolute atomic E-state index is 8.61. The second-order valence-corrected chi connectivity index (χ2v) is 4.33. The van der Waals surface area contributed by atoms with E-state index >= 15 is 0 Å². The fourth-order valence-corrected chi connectivity index (χ4v) is 1.96. The summed E-state index contributed by atoms with van der Waals surface area (Å²) in [7, 11) is 0. The van der Waals surface area contributed by atoms with Crippen molar-refractivity contribution in [2.75, 3.05) is 5.75 Å². The Labute approximate surface area is 89.1 Å². The fourth-order valence-electron chi connectivity index (χ4n) is 1.04. The molecule has 1 aromatic rings. The Hall–Kier alpha value is -0.980. The fraction of sp³-hybridized carbons (Fsp3) is 0.364. The van der Waals surface area contributed by atoms with Crippen LogP contribution >= 0.6 is 11.8 Å². The number of thioether (sulfide) groups is 1. The van der Waals surface area contributed by atoms with Crippen molar-refractivity contribution < 1.29 is 0 Å². The molecule has 1 unspecified atom stereocenters. The Bertz CT molecular complexity index is 311. The highest BCUT2D eigenvalue weighted by molar-refractivity contribution is 7.98. The lowest BCUT2D eigenvalue weighted by molar-refractivity contribution is 0.847. The monoisotopic (exact) mass is 206 g/mol. The van der Waals surface area contributed by atoms with Gasteiger partial charge in [0.25, 0.3) is 0 Å². The van der Waals surface area contributed by atoms with Crippen molar-refractivity contribution in [3.8, 4) is 6.07 Å². The Morgan fingerprint density at radius 2 is 2.07 bits per heavy atom. The molecule has 74 valence electrons. The van der Waals surface area contributed by atoms with Gasteiger partial charge in [0.05, 0.1) is 11.6 Å². The van der Waals surface area contributed by atoms with Crippen LogP contribution in [-0.4, -0.2) is 11.8 Å². The third-order valence-electron chi connectivity index (χ3n) is 1.73. The van der Waals surface area contributed by atoms with Crippen LogP contribution < -0.4 is 5.73 Å². The third-order valence-corrected chi connectivity index (χ3v) is 3.03. The molecular weight excluding hydrogens is 192 g/mol. The van der Waals surface area contributed by atoms with Gasteiger partial charge in [-0.25, -0.2) is 0 Å². The van der Waals surface area contributed by atoms with Gasteiger partial charge in [-0.2, -0.15) is 17.0 Å². The quantitative estimate of drug-likeness (QED) is 0.821. The summed E-state index contributed by atoms with van der Waals surface area (Å²) in [5.41, 5.74) is 7.60. The molecule has 0 fully saturated rings. The van der Waals surface area contributed by atoms with E-state index in [2.05, 4.69) is 6.07 Å². The highest BCUT2D eigenvalue weighted by Gasteiger charge is 1.97. The maximum atomic E-state index is 8.61. The molecule has 1 rings (SSSR count). The zero-order valence-electron chi connectivity index (χ0n) is 8.23. The predicted octanol–water partition coefficient (Wildman–Crippen LogP) is 2.14. The summed E-state index contributed by atoms with van der Waals surface area (Å²) in [5, 5.41) is 8.61. The molecule has 14 heavy (non-hydrogen) atoms. The molecule has 0 amide bonds. The molecule has 0 spiro atoms. The molecule has 0 aromatic heterocycles. The van der Waals surface area contributed by atoms with Crippen LogP contribution in [0.1, 0.15) is 18.1 Å². The van der Waals surface area contributed by atoms with Crippen LogP contribution in [0.25, 0.3) is 0 Å². The van der Waals surface area contributed by atoms with E-state index in [-0.39, 0.29) is 6.04 Å². The van der Waals surface area contributed by atoms with Crippen LogP contribution in [0.2, 0.25) is 0 Å². The van der Waals surface area contributed by atoms with Crippen LogP contribution in [0, 0.1) is 11.3 Å². The van der Waals surface area contributed by atoms with Gasteiger partial charge in [0.2, 0.25) is 0 Å². The van der Waals surface area contributed by atoms with Crippen LogP contribution in [0.3, 0.4) is 0 Å². The second-order valence-electron chi connectivity index (χ2n) is 3.30. The summed E-state index contributed by atoms with van der Waals surface area (Å²) in [6.45, 7) is 2.01. The van der Waals surface area contributed by atoms with Gasteiger partial charge in [-0.15, -0.1) is 0 Å². The summed E-state index contributed by atoms with van der Waals surface area (Å²) in [6.07, 6.45) is 0. The number of nitrogens with zero attached hydrogens (tertiary/aromatic N) is 1. The van der Waals surface area contributed by atoms with Gasteiger partial charge in [0.15, 0.2) is 0 Å². The van der Waals surface area contributed by atoms with Crippen molar-refractivity contribution in [1.29, 1.82) is 5.26 Å². The molecule has 3 heteroatoms. The van der Waals surface area contributed by atoms with Gasteiger partial charge in [-0.1, -0.05) is 12.1 Å². The molecule has 0 aliphatic heterocycles. The average molecular weight is 206 g/mol. The lowest BCUT2D eigenvalue weighted by atomic mass is 10.2. The Morgan fingerprint density at radius 3 is 2.57 bits per heavy atom. The number of benzene rings is 1. The smallest absolute Gasteiger partial charge is 0.0991 e. The molecule has 0 saturated heterocycles. The van der Waals surface area contributed by atoms with E-state index in [0.29, 0.717) is 5.56 Å². The summed E-state index contributed by atoms with van der Waals surface area (Å²) in [5.74, 6) is 1.94. The van der Waals surface area contributed by atoms with E-state index in [4.69, 9.17) is 11.0 Å². The normalized spacial score (nSPS) is 12.1. The Balaban J connectivity index is 2.41. The second kappa shape index (κ2) is 5.69. The highest BCUT2D eigenvalue weighted by atomic mass is 32.2. The van der Waals surface area contributed by atoms with E-state index in [1.54, 1.807) is 0 Å². The number of rotatable bonds is 4. The van der Waals surface area contributed by atoms with Gasteiger partial charge in [0.1, 0.15) is 0 Å². The van der Waals surface area contributed by atoms with Gasteiger partial charge < -0.3 is 5.73 Å². The minimum absolute atomic E-state index is 0.249. The lowest BCUT2D eigenvalue weighted by Crippen LogP contribution is -2.17. The number of nitrogens with two attached hydrogens (primary N) is 1. The van der Waals surface area contributed by atoms with Crippen molar-refractivity contribution >= 4 is 11.8 Å². The van der Waals surface area contributed by atoms with Crippen LogP contribution in [0.15, 0.2) is 24.3 Å². The summed E-state index contributed by atoms with van der Waals surface area (Å²) < 4.78 is 0. The number of nitriles is 1. The standard InChI is InChI=1S/C11H14N2S/c1-9(13)7-14-8-11-4-2-10(6-12)3-5-11/h2-5,9H,7-8,13H2,1H3. The van der Waals surface area contributed by atoms with Crippen molar-refractivity contribution in [3.63, 3.8) is 0 Å². The zero-order chi connectivity index (χ0) is 10.4. The summed E-state index contributed by atoms with van der Waals surface area (Å²) >= 11 is 1.82. The first-order valence-corrected chi connectivity index (χ1v) is 5.70. The molecule has 0 bridgehead atoms. The third kappa shape index (κ3) is 3.82. The topological polar surface area (TPSA) is 49.8 Å². The van der Waals surface area contributed by atoms with Crippen LogP contribution in [0.4, 0.5) is 0 Å². The van der Waals surface area contributed by atoms with Crippen LogP contribution in [0.5, 0.6) is 0 Å². The predicted molar refractivity (Wildman–Crippen MR) is 61.0 cm³/mol. The molecule has 0 aliphatic carbocycles. The SMILES string of the molecule is CC(N)CSCc1ccc(C#N)cc1. The molecule has 1 aromatic carbocycles. The van der Waals surface area contributed by atoms with Crippen molar-refractivity contribution in [3.05, 3.63) is 35.4 Å². The van der Waals surface area contributed by atoms with Gasteiger partial charge in [-0.05, 0) is 24.6 Å². The van der Waals surface area contributed by atoms with E-state index in [0.717, 1.165) is 11.5 Å². The van der Waals surface area contributed by atoms with Crippen molar-refractivity contribution in [1.82, 2.24) is 0 Å². The molecule has 0 heterocycles. The molecule has 0 radical (unpaired) electrons.